The molecule has 2 aromatic rings. The molecule has 0 saturated carbocycles. The van der Waals surface area contributed by atoms with Crippen molar-refractivity contribution in [2.45, 2.75) is 39.5 Å². The van der Waals surface area contributed by atoms with Crippen LogP contribution in [0.25, 0.3) is 0 Å². The van der Waals surface area contributed by atoms with Gasteiger partial charge in [-0.3, -0.25) is 4.79 Å². The maximum absolute atomic E-state index is 12.3. The van der Waals surface area contributed by atoms with E-state index >= 15 is 0 Å². The highest BCUT2D eigenvalue weighted by molar-refractivity contribution is 5.77. The Kier molecular flexibility index (Phi) is 4.83. The number of hydrogen-bond acceptors (Lipinski definition) is 5. The molecule has 1 aliphatic rings. The van der Waals surface area contributed by atoms with Gasteiger partial charge in [0, 0.05) is 19.0 Å². The van der Waals surface area contributed by atoms with Crippen LogP contribution in [-0.4, -0.2) is 40.6 Å². The Morgan fingerprint density at radius 3 is 2.46 bits per heavy atom. The largest absolute Gasteiger partial charge is 0.484 e. The van der Waals surface area contributed by atoms with Crippen LogP contribution >= 0.6 is 0 Å². The summed E-state index contributed by atoms with van der Waals surface area (Å²) in [4.78, 5) is 18.5. The van der Waals surface area contributed by atoms with Gasteiger partial charge in [-0.2, -0.15) is 4.98 Å². The Hall–Kier alpha value is -2.37. The fraction of sp³-hybridized carbons (Fsp3) is 0.500. The first kappa shape index (κ1) is 16.5. The first-order chi connectivity index (χ1) is 11.5. The summed E-state index contributed by atoms with van der Waals surface area (Å²) in [5.74, 6) is 2.36. The average Bonchev–Trinajstić information content (AvgIpc) is 2.98. The smallest absolute Gasteiger partial charge is 0.260 e. The summed E-state index contributed by atoms with van der Waals surface area (Å²) < 4.78 is 10.9. The minimum absolute atomic E-state index is 0.0225. The van der Waals surface area contributed by atoms with Gasteiger partial charge in [-0.05, 0) is 56.9 Å². The molecule has 1 aliphatic heterocycles. The first-order valence-corrected chi connectivity index (χ1v) is 8.30. The summed E-state index contributed by atoms with van der Waals surface area (Å²) in [6, 6.07) is 5.98. The number of rotatable bonds is 4. The Labute approximate surface area is 141 Å². The van der Waals surface area contributed by atoms with Crippen molar-refractivity contribution in [2.75, 3.05) is 19.7 Å². The van der Waals surface area contributed by atoms with Crippen molar-refractivity contribution < 1.29 is 14.1 Å². The van der Waals surface area contributed by atoms with Crippen LogP contribution in [0.1, 0.15) is 41.6 Å². The number of benzene rings is 1. The van der Waals surface area contributed by atoms with Crippen molar-refractivity contribution in [3.05, 3.63) is 41.0 Å². The Morgan fingerprint density at radius 2 is 1.88 bits per heavy atom. The molecule has 0 bridgehead atoms. The van der Waals surface area contributed by atoms with E-state index in [0.717, 1.165) is 29.7 Å². The van der Waals surface area contributed by atoms with Crippen LogP contribution in [0.15, 0.2) is 22.7 Å². The number of carbonyl (C=O) groups is 1. The van der Waals surface area contributed by atoms with Gasteiger partial charge in [0.15, 0.2) is 12.4 Å². The number of aryl methyl sites for hydroxylation is 3. The molecule has 1 aromatic heterocycles. The molecule has 6 nitrogen and oxygen atoms in total. The molecule has 3 rings (SSSR count). The Balaban J connectivity index is 1.50. The lowest BCUT2D eigenvalue weighted by molar-refractivity contribution is -0.134. The quantitative estimate of drug-likeness (QED) is 0.863. The van der Waals surface area contributed by atoms with E-state index in [9.17, 15) is 4.79 Å². The second-order valence-corrected chi connectivity index (χ2v) is 6.45. The van der Waals surface area contributed by atoms with E-state index in [1.54, 1.807) is 0 Å². The van der Waals surface area contributed by atoms with Crippen molar-refractivity contribution >= 4 is 5.91 Å². The highest BCUT2D eigenvalue weighted by Crippen LogP contribution is 2.26. The van der Waals surface area contributed by atoms with Gasteiger partial charge in [-0.1, -0.05) is 11.2 Å². The van der Waals surface area contributed by atoms with E-state index in [-0.39, 0.29) is 18.4 Å². The van der Waals surface area contributed by atoms with Gasteiger partial charge in [0.1, 0.15) is 5.75 Å². The topological polar surface area (TPSA) is 68.5 Å². The Morgan fingerprint density at radius 1 is 1.21 bits per heavy atom. The first-order valence-electron chi connectivity index (χ1n) is 8.30. The zero-order valence-electron chi connectivity index (χ0n) is 14.4. The number of ether oxygens (including phenoxy) is 1. The second kappa shape index (κ2) is 7.03. The minimum atomic E-state index is 0.0225. The lowest BCUT2D eigenvalue weighted by Gasteiger charge is -2.30. The molecule has 0 radical (unpaired) electrons. The van der Waals surface area contributed by atoms with Gasteiger partial charge < -0.3 is 14.2 Å². The van der Waals surface area contributed by atoms with E-state index < -0.39 is 0 Å². The fourth-order valence-corrected chi connectivity index (χ4v) is 3.11. The molecule has 0 aliphatic carbocycles. The molecule has 0 unspecified atom stereocenters. The zero-order valence-corrected chi connectivity index (χ0v) is 14.4. The molecular formula is C18H23N3O3. The highest BCUT2D eigenvalue weighted by atomic mass is 16.5. The molecule has 1 saturated heterocycles. The number of carbonyl (C=O) groups excluding carboxylic acids is 1. The second-order valence-electron chi connectivity index (χ2n) is 6.45. The number of nitrogens with zero attached hydrogens (tertiary/aromatic N) is 3. The third kappa shape index (κ3) is 3.93. The van der Waals surface area contributed by atoms with Crippen molar-refractivity contribution in [1.82, 2.24) is 15.0 Å². The Bertz CT molecular complexity index is 698. The van der Waals surface area contributed by atoms with E-state index in [1.807, 2.05) is 37.8 Å². The summed E-state index contributed by atoms with van der Waals surface area (Å²) >= 11 is 0. The van der Waals surface area contributed by atoms with E-state index in [4.69, 9.17) is 9.26 Å². The van der Waals surface area contributed by atoms with Crippen molar-refractivity contribution in [2.24, 2.45) is 0 Å². The fourth-order valence-electron chi connectivity index (χ4n) is 3.11. The van der Waals surface area contributed by atoms with Crippen LogP contribution in [0, 0.1) is 20.8 Å². The number of aromatic nitrogens is 2. The molecule has 1 fully saturated rings. The van der Waals surface area contributed by atoms with Crippen molar-refractivity contribution in [1.29, 1.82) is 0 Å². The summed E-state index contributed by atoms with van der Waals surface area (Å²) in [7, 11) is 0. The average molecular weight is 329 g/mol. The van der Waals surface area contributed by atoms with Gasteiger partial charge in [0.05, 0.1) is 0 Å². The van der Waals surface area contributed by atoms with Crippen LogP contribution in [0.4, 0.5) is 0 Å². The van der Waals surface area contributed by atoms with Crippen LogP contribution in [0.5, 0.6) is 5.75 Å². The predicted octanol–water partition coefficient (Wildman–Crippen LogP) is 2.78. The number of amides is 1. The van der Waals surface area contributed by atoms with Crippen molar-refractivity contribution in [3.8, 4) is 5.75 Å². The van der Waals surface area contributed by atoms with Crippen LogP contribution in [-0.2, 0) is 4.79 Å². The molecule has 0 atom stereocenters. The van der Waals surface area contributed by atoms with E-state index in [1.165, 1.54) is 0 Å². The normalized spacial score (nSPS) is 15.5. The molecule has 6 heteroatoms. The summed E-state index contributed by atoms with van der Waals surface area (Å²) in [6.45, 7) is 7.32. The monoisotopic (exact) mass is 329 g/mol. The third-order valence-electron chi connectivity index (χ3n) is 4.30. The zero-order chi connectivity index (χ0) is 17.1. The third-order valence-corrected chi connectivity index (χ3v) is 4.30. The molecule has 24 heavy (non-hydrogen) atoms. The number of hydrogen-bond donors (Lipinski definition) is 0. The van der Waals surface area contributed by atoms with Gasteiger partial charge in [0.2, 0.25) is 5.89 Å². The van der Waals surface area contributed by atoms with Gasteiger partial charge in [-0.15, -0.1) is 0 Å². The standard InChI is InChI=1S/C18H23N3O3/c1-12-8-13(2)10-16(9-12)23-11-17(22)21-6-4-15(5-7-21)18-19-14(3)20-24-18/h8-10,15H,4-7,11H2,1-3H3. The highest BCUT2D eigenvalue weighted by Gasteiger charge is 2.27. The molecule has 0 N–H and O–H groups in total. The summed E-state index contributed by atoms with van der Waals surface area (Å²) in [6.07, 6.45) is 1.69. The lowest BCUT2D eigenvalue weighted by Crippen LogP contribution is -2.40. The van der Waals surface area contributed by atoms with Crippen LogP contribution in [0.3, 0.4) is 0 Å². The molecule has 128 valence electrons. The van der Waals surface area contributed by atoms with E-state index in [0.29, 0.717) is 24.8 Å². The molecule has 0 spiro atoms. The van der Waals surface area contributed by atoms with Crippen molar-refractivity contribution in [3.63, 3.8) is 0 Å². The van der Waals surface area contributed by atoms with Gasteiger partial charge in [-0.25, -0.2) is 0 Å². The van der Waals surface area contributed by atoms with Gasteiger partial charge in [0.25, 0.3) is 5.91 Å². The van der Waals surface area contributed by atoms with Crippen LogP contribution < -0.4 is 4.74 Å². The number of likely N-dealkylation sites (tertiary alicyclic amines) is 1. The lowest BCUT2D eigenvalue weighted by atomic mass is 9.97. The summed E-state index contributed by atoms with van der Waals surface area (Å²) in [5.41, 5.74) is 2.27. The molecule has 2 heterocycles. The minimum Gasteiger partial charge on any atom is -0.484 e. The maximum atomic E-state index is 12.3. The molecule has 1 amide bonds. The molecule has 1 aromatic carbocycles. The van der Waals surface area contributed by atoms with E-state index in [2.05, 4.69) is 16.2 Å². The SMILES string of the molecule is Cc1cc(C)cc(OCC(=O)N2CCC(c3nc(C)no3)CC2)c1. The van der Waals surface area contributed by atoms with Crippen LogP contribution in [0.2, 0.25) is 0 Å². The van der Waals surface area contributed by atoms with Gasteiger partial charge >= 0.3 is 0 Å². The maximum Gasteiger partial charge on any atom is 0.260 e. The number of piperidine rings is 1. The summed E-state index contributed by atoms with van der Waals surface area (Å²) in [5, 5.41) is 3.84. The molecular weight excluding hydrogens is 306 g/mol. The predicted molar refractivity (Wildman–Crippen MR) is 89.0 cm³/mol.